The van der Waals surface area contributed by atoms with Gasteiger partial charge < -0.3 is 14.2 Å². The molecular formula is C23H19BrN6O7. The second kappa shape index (κ2) is 11.9. The van der Waals surface area contributed by atoms with Gasteiger partial charge in [-0.25, -0.2) is 4.98 Å². The topological polar surface area (TPSA) is 175 Å². The third-order valence-corrected chi connectivity index (χ3v) is 5.43. The molecule has 13 nitrogen and oxygen atoms in total. The lowest BCUT2D eigenvalue weighted by Crippen LogP contribution is -2.03. The summed E-state index contributed by atoms with van der Waals surface area (Å²) in [7, 11) is 2.91. The monoisotopic (exact) mass is 570 g/mol. The fraction of sp³-hybridized carbons (Fsp3) is 0.174. The molecule has 1 N–H and O–H groups in total. The molecule has 0 aliphatic carbocycles. The second-order valence-corrected chi connectivity index (χ2v) is 8.22. The van der Waals surface area contributed by atoms with Crippen LogP contribution < -0.4 is 14.9 Å². The Morgan fingerprint density at radius 2 is 1.92 bits per heavy atom. The smallest absolute Gasteiger partial charge is 0.318 e. The maximum atomic E-state index is 11.4. The zero-order chi connectivity index (χ0) is 27.1. The van der Waals surface area contributed by atoms with Gasteiger partial charge in [0.1, 0.15) is 11.6 Å². The number of benzene rings is 2. The van der Waals surface area contributed by atoms with Crippen LogP contribution in [0.2, 0.25) is 0 Å². The molecule has 14 heteroatoms. The number of nitro benzene ring substituents is 2. The number of aromatic nitrogens is 1. The molecule has 0 fully saturated rings. The number of pyridine rings is 1. The molecule has 3 rings (SSSR count). The number of non-ortho nitro benzene ring substituents is 1. The number of ether oxygens (including phenoxy) is 3. The Kier molecular flexibility index (Phi) is 8.67. The lowest BCUT2D eigenvalue weighted by atomic mass is 10.1. The molecule has 0 aliphatic rings. The van der Waals surface area contributed by atoms with Crippen LogP contribution in [0.4, 0.5) is 17.2 Å². The number of anilines is 1. The van der Waals surface area contributed by atoms with Gasteiger partial charge in [0.15, 0.2) is 17.3 Å². The Bertz CT molecular complexity index is 1440. The van der Waals surface area contributed by atoms with Crippen molar-refractivity contribution >= 4 is 39.3 Å². The molecule has 0 radical (unpaired) electrons. The summed E-state index contributed by atoms with van der Waals surface area (Å²) in [5, 5.41) is 36.1. The second-order valence-electron chi connectivity index (χ2n) is 7.36. The van der Waals surface area contributed by atoms with Gasteiger partial charge in [-0.15, -0.1) is 0 Å². The zero-order valence-electron chi connectivity index (χ0n) is 19.7. The van der Waals surface area contributed by atoms with Gasteiger partial charge in [0.2, 0.25) is 5.75 Å². The van der Waals surface area contributed by atoms with E-state index in [9.17, 15) is 25.5 Å². The number of hydrogen-bond acceptors (Lipinski definition) is 11. The summed E-state index contributed by atoms with van der Waals surface area (Å²) in [4.78, 5) is 25.2. The SMILES string of the molecule is COCc1cc(C)nc(N/N=C\c2cc(Br)c(Oc3ccc([N+](=O)[O-])cc3[N+](=O)[O-])c(OC)c2)c1C#N. The molecule has 0 unspecified atom stereocenters. The van der Waals surface area contributed by atoms with Gasteiger partial charge in [0, 0.05) is 24.4 Å². The lowest BCUT2D eigenvalue weighted by molar-refractivity contribution is -0.394. The normalized spacial score (nSPS) is 10.7. The number of nitro groups is 2. The number of methoxy groups -OCH3 is 2. The maximum Gasteiger partial charge on any atom is 0.318 e. The van der Waals surface area contributed by atoms with Crippen molar-refractivity contribution in [2.24, 2.45) is 5.10 Å². The number of nitrogens with one attached hydrogen (secondary N) is 1. The van der Waals surface area contributed by atoms with Gasteiger partial charge in [0.25, 0.3) is 5.69 Å². The Labute approximate surface area is 218 Å². The molecule has 0 spiro atoms. The number of halogens is 1. The van der Waals surface area contributed by atoms with Gasteiger partial charge in [-0.2, -0.15) is 10.4 Å². The van der Waals surface area contributed by atoms with Crippen molar-refractivity contribution in [2.45, 2.75) is 13.5 Å². The van der Waals surface area contributed by atoms with Gasteiger partial charge in [-0.3, -0.25) is 25.7 Å². The number of hydrazone groups is 1. The maximum absolute atomic E-state index is 11.4. The average molecular weight is 571 g/mol. The zero-order valence-corrected chi connectivity index (χ0v) is 21.3. The average Bonchev–Trinajstić information content (AvgIpc) is 2.85. The minimum Gasteiger partial charge on any atom is -0.493 e. The Morgan fingerprint density at radius 3 is 2.54 bits per heavy atom. The molecule has 2 aromatic carbocycles. The van der Waals surface area contributed by atoms with Crippen LogP contribution >= 0.6 is 15.9 Å². The first-order valence-electron chi connectivity index (χ1n) is 10.3. The Balaban J connectivity index is 1.90. The third kappa shape index (κ3) is 6.34. The van der Waals surface area contributed by atoms with E-state index in [1.54, 1.807) is 25.1 Å². The van der Waals surface area contributed by atoms with Crippen molar-refractivity contribution in [3.05, 3.63) is 83.5 Å². The highest BCUT2D eigenvalue weighted by atomic mass is 79.9. The molecule has 3 aromatic rings. The predicted octanol–water partition coefficient (Wildman–Crippen LogP) is 5.23. The molecule has 0 saturated heterocycles. The number of aryl methyl sites for hydroxylation is 1. The number of nitrogens with zero attached hydrogens (tertiary/aromatic N) is 5. The van der Waals surface area contributed by atoms with Crippen molar-refractivity contribution in [2.75, 3.05) is 19.6 Å². The van der Waals surface area contributed by atoms with Crippen LogP contribution in [-0.2, 0) is 11.3 Å². The fourth-order valence-electron chi connectivity index (χ4n) is 3.26. The first-order valence-corrected chi connectivity index (χ1v) is 11.1. The highest BCUT2D eigenvalue weighted by Crippen LogP contribution is 2.42. The summed E-state index contributed by atoms with van der Waals surface area (Å²) in [6.07, 6.45) is 1.45. The molecule has 0 bridgehead atoms. The lowest BCUT2D eigenvalue weighted by Gasteiger charge is -2.13. The van der Waals surface area contributed by atoms with Gasteiger partial charge in [0.05, 0.1) is 40.3 Å². The van der Waals surface area contributed by atoms with Crippen LogP contribution in [-0.4, -0.2) is 35.3 Å². The van der Waals surface area contributed by atoms with Crippen LogP contribution in [0.15, 0.2) is 46.0 Å². The highest BCUT2D eigenvalue weighted by Gasteiger charge is 2.23. The first-order chi connectivity index (χ1) is 17.7. The molecule has 1 aromatic heterocycles. The first kappa shape index (κ1) is 27.0. The van der Waals surface area contributed by atoms with Gasteiger partial charge in [-0.1, -0.05) is 0 Å². The molecule has 0 aliphatic heterocycles. The van der Waals surface area contributed by atoms with E-state index in [0.717, 1.165) is 18.2 Å². The van der Waals surface area contributed by atoms with Crippen LogP contribution in [0, 0.1) is 38.5 Å². The quantitative estimate of drug-likeness (QED) is 0.193. The van der Waals surface area contributed by atoms with Crippen molar-refractivity contribution in [3.63, 3.8) is 0 Å². The van der Waals surface area contributed by atoms with Crippen molar-refractivity contribution in [1.29, 1.82) is 5.26 Å². The highest BCUT2D eigenvalue weighted by molar-refractivity contribution is 9.10. The molecule has 0 atom stereocenters. The largest absolute Gasteiger partial charge is 0.493 e. The standard InChI is InChI=1S/C23H19BrN6O7/c1-13-6-15(12-35-2)17(10-25)23(27-13)28-26-11-14-7-18(24)22(21(8-14)36-3)37-20-5-4-16(29(31)32)9-19(20)30(33)34/h4-9,11H,12H2,1-3H3,(H,27,28)/b26-11-. The van der Waals surface area contributed by atoms with E-state index in [0.29, 0.717) is 26.9 Å². The van der Waals surface area contributed by atoms with Gasteiger partial charge >= 0.3 is 5.69 Å². The predicted molar refractivity (Wildman–Crippen MR) is 136 cm³/mol. The van der Waals surface area contributed by atoms with E-state index in [1.165, 1.54) is 20.4 Å². The van der Waals surface area contributed by atoms with E-state index in [1.807, 2.05) is 0 Å². The van der Waals surface area contributed by atoms with Crippen LogP contribution in [0.1, 0.15) is 22.4 Å². The number of rotatable bonds is 10. The van der Waals surface area contributed by atoms with E-state index < -0.39 is 21.2 Å². The summed E-state index contributed by atoms with van der Waals surface area (Å²) in [6, 6.07) is 10.1. The summed E-state index contributed by atoms with van der Waals surface area (Å²) in [5.74, 6) is 0.375. The summed E-state index contributed by atoms with van der Waals surface area (Å²) >= 11 is 3.36. The summed E-state index contributed by atoms with van der Waals surface area (Å²) in [6.45, 7) is 2.02. The van der Waals surface area contributed by atoms with E-state index in [2.05, 4.69) is 37.5 Å². The van der Waals surface area contributed by atoms with Crippen LogP contribution in [0.25, 0.3) is 0 Å². The van der Waals surface area contributed by atoms with E-state index >= 15 is 0 Å². The Morgan fingerprint density at radius 1 is 1.16 bits per heavy atom. The molecule has 1 heterocycles. The number of hydrogen-bond donors (Lipinski definition) is 1. The Hall–Kier alpha value is -4.61. The van der Waals surface area contributed by atoms with E-state index in [4.69, 9.17) is 14.2 Å². The molecule has 0 amide bonds. The van der Waals surface area contributed by atoms with Gasteiger partial charge in [-0.05, 0) is 52.7 Å². The van der Waals surface area contributed by atoms with Crippen molar-refractivity contribution < 1.29 is 24.1 Å². The third-order valence-electron chi connectivity index (χ3n) is 4.84. The minimum atomic E-state index is -0.776. The van der Waals surface area contributed by atoms with Crippen LogP contribution in [0.3, 0.4) is 0 Å². The summed E-state index contributed by atoms with van der Waals surface area (Å²) in [5.41, 5.74) is 3.93. The minimum absolute atomic E-state index is 0.112. The molecule has 37 heavy (non-hydrogen) atoms. The summed E-state index contributed by atoms with van der Waals surface area (Å²) < 4.78 is 16.6. The van der Waals surface area contributed by atoms with E-state index in [-0.39, 0.29) is 29.7 Å². The van der Waals surface area contributed by atoms with Crippen molar-refractivity contribution in [3.8, 4) is 23.3 Å². The molecule has 0 saturated carbocycles. The van der Waals surface area contributed by atoms with Crippen molar-refractivity contribution in [1.82, 2.24) is 4.98 Å². The molecular weight excluding hydrogens is 552 g/mol. The molecule has 190 valence electrons. The fourth-order valence-corrected chi connectivity index (χ4v) is 3.80. The number of nitriles is 1. The van der Waals surface area contributed by atoms with Crippen LogP contribution in [0.5, 0.6) is 17.2 Å².